The molecule has 1 aliphatic carbocycles. The average molecular weight is 363 g/mol. The van der Waals surface area contributed by atoms with Crippen molar-refractivity contribution >= 4 is 10.0 Å². The van der Waals surface area contributed by atoms with E-state index in [1.165, 1.54) is 18.1 Å². The highest BCUT2D eigenvalue weighted by atomic mass is 32.2. The standard InChI is InChI=1S/C18H25N3O3S/c22-10-7-15-3-5-16(6-4-15)11-18(8-1-2-9-18)13-21-25(23,24)17-12-19-14-20-17/h3-6,12,14,21-22H,1-2,7-11,13H2,(H,19,20). The normalized spacial score (nSPS) is 17.0. The summed E-state index contributed by atoms with van der Waals surface area (Å²) in [5.41, 5.74) is 2.29. The number of H-pyrrole nitrogens is 1. The molecule has 0 saturated heterocycles. The molecular weight excluding hydrogens is 338 g/mol. The number of imidazole rings is 1. The molecule has 1 saturated carbocycles. The van der Waals surface area contributed by atoms with Gasteiger partial charge < -0.3 is 10.1 Å². The smallest absolute Gasteiger partial charge is 0.257 e. The lowest BCUT2D eigenvalue weighted by Gasteiger charge is -2.29. The molecule has 0 unspecified atom stereocenters. The Morgan fingerprint density at radius 1 is 1.16 bits per heavy atom. The topological polar surface area (TPSA) is 95.1 Å². The summed E-state index contributed by atoms with van der Waals surface area (Å²) in [5, 5.41) is 9.12. The Morgan fingerprint density at radius 3 is 2.44 bits per heavy atom. The summed E-state index contributed by atoms with van der Waals surface area (Å²) >= 11 is 0. The van der Waals surface area contributed by atoms with E-state index in [0.29, 0.717) is 13.0 Å². The van der Waals surface area contributed by atoms with Gasteiger partial charge in [-0.25, -0.2) is 18.1 Å². The molecular formula is C18H25N3O3S. The van der Waals surface area contributed by atoms with Crippen molar-refractivity contribution in [2.24, 2.45) is 5.41 Å². The van der Waals surface area contributed by atoms with Crippen LogP contribution >= 0.6 is 0 Å². The highest BCUT2D eigenvalue weighted by Gasteiger charge is 2.35. The quantitative estimate of drug-likeness (QED) is 0.669. The second kappa shape index (κ2) is 7.68. The second-order valence-electron chi connectivity index (χ2n) is 6.91. The Morgan fingerprint density at radius 2 is 1.84 bits per heavy atom. The number of aliphatic hydroxyl groups is 1. The van der Waals surface area contributed by atoms with Crippen LogP contribution in [0.1, 0.15) is 36.8 Å². The van der Waals surface area contributed by atoms with Crippen LogP contribution in [0, 0.1) is 5.41 Å². The van der Waals surface area contributed by atoms with Crippen LogP contribution in [0.25, 0.3) is 0 Å². The van der Waals surface area contributed by atoms with E-state index in [2.05, 4.69) is 26.8 Å². The van der Waals surface area contributed by atoms with Gasteiger partial charge in [-0.2, -0.15) is 0 Å². The number of hydrogen-bond donors (Lipinski definition) is 3. The number of benzene rings is 1. The van der Waals surface area contributed by atoms with Crippen LogP contribution in [0.5, 0.6) is 0 Å². The Kier molecular flexibility index (Phi) is 5.56. The van der Waals surface area contributed by atoms with Gasteiger partial charge in [0.1, 0.15) is 0 Å². The van der Waals surface area contributed by atoms with Crippen molar-refractivity contribution in [3.63, 3.8) is 0 Å². The van der Waals surface area contributed by atoms with Gasteiger partial charge >= 0.3 is 0 Å². The summed E-state index contributed by atoms with van der Waals surface area (Å²) in [4.78, 5) is 6.44. The zero-order chi connectivity index (χ0) is 17.8. The van der Waals surface area contributed by atoms with Crippen molar-refractivity contribution in [2.45, 2.75) is 43.6 Å². The van der Waals surface area contributed by atoms with E-state index in [4.69, 9.17) is 5.11 Å². The Bertz CT molecular complexity index is 764. The number of hydrogen-bond acceptors (Lipinski definition) is 4. The number of rotatable bonds is 8. The third-order valence-corrected chi connectivity index (χ3v) is 6.39. The molecule has 0 radical (unpaired) electrons. The maximum absolute atomic E-state index is 12.4. The number of aromatic amines is 1. The first-order chi connectivity index (χ1) is 12.0. The summed E-state index contributed by atoms with van der Waals surface area (Å²) in [6, 6.07) is 8.27. The van der Waals surface area contributed by atoms with E-state index >= 15 is 0 Å². The minimum atomic E-state index is -3.54. The van der Waals surface area contributed by atoms with Crippen LogP contribution in [0.4, 0.5) is 0 Å². The molecule has 136 valence electrons. The first-order valence-electron chi connectivity index (χ1n) is 8.70. The van der Waals surface area contributed by atoms with Gasteiger partial charge in [-0.05, 0) is 42.2 Å². The third-order valence-electron chi connectivity index (χ3n) is 5.07. The predicted octanol–water partition coefficient (Wildman–Crippen LogP) is 2.03. The van der Waals surface area contributed by atoms with Crippen LogP contribution in [-0.2, 0) is 22.9 Å². The van der Waals surface area contributed by atoms with Gasteiger partial charge in [0.05, 0.1) is 12.5 Å². The van der Waals surface area contributed by atoms with Crippen molar-refractivity contribution in [1.29, 1.82) is 0 Å². The molecule has 7 heteroatoms. The minimum absolute atomic E-state index is 0.0361. The van der Waals surface area contributed by atoms with E-state index in [1.54, 1.807) is 0 Å². The summed E-state index contributed by atoms with van der Waals surface area (Å²) in [7, 11) is -3.54. The molecule has 6 nitrogen and oxygen atoms in total. The predicted molar refractivity (Wildman–Crippen MR) is 95.6 cm³/mol. The zero-order valence-corrected chi connectivity index (χ0v) is 15.1. The number of sulfonamides is 1. The molecule has 1 aromatic heterocycles. The largest absolute Gasteiger partial charge is 0.396 e. The maximum Gasteiger partial charge on any atom is 0.257 e. The first kappa shape index (κ1) is 18.1. The van der Waals surface area contributed by atoms with Gasteiger partial charge in [-0.15, -0.1) is 0 Å². The Balaban J connectivity index is 1.69. The zero-order valence-electron chi connectivity index (χ0n) is 14.2. The van der Waals surface area contributed by atoms with Crippen LogP contribution in [0.3, 0.4) is 0 Å². The molecule has 0 atom stereocenters. The highest BCUT2D eigenvalue weighted by molar-refractivity contribution is 7.89. The fourth-order valence-corrected chi connectivity index (χ4v) is 4.70. The molecule has 2 aromatic rings. The first-order valence-corrected chi connectivity index (χ1v) is 10.2. The minimum Gasteiger partial charge on any atom is -0.396 e. The second-order valence-corrected chi connectivity index (χ2v) is 8.65. The third kappa shape index (κ3) is 4.48. The van der Waals surface area contributed by atoms with Crippen molar-refractivity contribution in [2.75, 3.05) is 13.2 Å². The Hall–Kier alpha value is -1.70. The van der Waals surface area contributed by atoms with Crippen molar-refractivity contribution in [1.82, 2.24) is 14.7 Å². The van der Waals surface area contributed by atoms with Crippen LogP contribution < -0.4 is 4.72 Å². The van der Waals surface area contributed by atoms with Crippen LogP contribution in [0.2, 0.25) is 0 Å². The summed E-state index contributed by atoms with van der Waals surface area (Å²) in [6.45, 7) is 0.589. The van der Waals surface area contributed by atoms with Crippen molar-refractivity contribution < 1.29 is 13.5 Å². The van der Waals surface area contributed by atoms with E-state index in [0.717, 1.165) is 37.7 Å². The fourth-order valence-electron chi connectivity index (χ4n) is 3.64. The molecule has 0 aliphatic heterocycles. The molecule has 3 N–H and O–H groups in total. The van der Waals surface area contributed by atoms with E-state index in [1.807, 2.05) is 12.1 Å². The molecule has 1 fully saturated rings. The van der Waals surface area contributed by atoms with Gasteiger partial charge in [-0.1, -0.05) is 37.1 Å². The van der Waals surface area contributed by atoms with Crippen molar-refractivity contribution in [3.8, 4) is 0 Å². The summed E-state index contributed by atoms with van der Waals surface area (Å²) in [5.74, 6) is 0. The van der Waals surface area contributed by atoms with Gasteiger partial charge in [0, 0.05) is 13.2 Å². The van der Waals surface area contributed by atoms with E-state index in [9.17, 15) is 8.42 Å². The lowest BCUT2D eigenvalue weighted by Crippen LogP contribution is -2.37. The molecule has 1 heterocycles. The number of nitrogens with one attached hydrogen (secondary N) is 2. The molecule has 25 heavy (non-hydrogen) atoms. The van der Waals surface area contributed by atoms with Gasteiger partial charge in [0.2, 0.25) is 0 Å². The molecule has 1 aliphatic rings. The monoisotopic (exact) mass is 363 g/mol. The highest BCUT2D eigenvalue weighted by Crippen LogP contribution is 2.40. The lowest BCUT2D eigenvalue weighted by molar-refractivity contribution is 0.294. The molecule has 3 rings (SSSR count). The fraction of sp³-hybridized carbons (Fsp3) is 0.500. The summed E-state index contributed by atoms with van der Waals surface area (Å²) in [6.07, 6.45) is 8.53. The van der Waals surface area contributed by atoms with E-state index < -0.39 is 10.0 Å². The molecule has 0 spiro atoms. The maximum atomic E-state index is 12.4. The van der Waals surface area contributed by atoms with Gasteiger partial charge in [0.15, 0.2) is 5.03 Å². The van der Waals surface area contributed by atoms with Gasteiger partial charge in [0.25, 0.3) is 10.0 Å². The summed E-state index contributed by atoms with van der Waals surface area (Å²) < 4.78 is 27.5. The molecule has 0 bridgehead atoms. The van der Waals surface area contributed by atoms with Crippen LogP contribution in [0.15, 0.2) is 41.8 Å². The van der Waals surface area contributed by atoms with Crippen LogP contribution in [-0.4, -0.2) is 36.6 Å². The number of aromatic nitrogens is 2. The molecule has 0 amide bonds. The Labute approximate surface area is 148 Å². The SMILES string of the molecule is O=S(=O)(NCC1(Cc2ccc(CCO)cc2)CCCC1)c1cnc[nH]1. The number of nitrogens with zero attached hydrogens (tertiary/aromatic N) is 1. The van der Waals surface area contributed by atoms with E-state index in [-0.39, 0.29) is 17.0 Å². The van der Waals surface area contributed by atoms with Gasteiger partial charge in [-0.3, -0.25) is 0 Å². The molecule has 1 aromatic carbocycles. The van der Waals surface area contributed by atoms with Crippen molar-refractivity contribution in [3.05, 3.63) is 47.9 Å². The number of aliphatic hydroxyl groups excluding tert-OH is 1. The average Bonchev–Trinajstić information content (AvgIpc) is 3.28. The lowest BCUT2D eigenvalue weighted by atomic mass is 9.80.